The van der Waals surface area contributed by atoms with Gasteiger partial charge in [-0.25, -0.2) is 0 Å². The summed E-state index contributed by atoms with van der Waals surface area (Å²) in [5.74, 6) is 1.00. The molecule has 2 aliphatic rings. The van der Waals surface area contributed by atoms with Crippen LogP contribution in [0.2, 0.25) is 0 Å². The summed E-state index contributed by atoms with van der Waals surface area (Å²) in [6, 6.07) is 5.85. The third-order valence-corrected chi connectivity index (χ3v) is 3.89. The van der Waals surface area contributed by atoms with Crippen molar-refractivity contribution in [2.24, 2.45) is 11.1 Å². The van der Waals surface area contributed by atoms with Gasteiger partial charge in [-0.15, -0.1) is 0 Å². The van der Waals surface area contributed by atoms with Crippen LogP contribution >= 0.6 is 0 Å². The first kappa shape index (κ1) is 11.5. The van der Waals surface area contributed by atoms with E-state index in [1.165, 1.54) is 5.56 Å². The standard InChI is InChI=1S/C14H18N2O2/c15-9-14(5-6-14)13(17)16-11-3-4-12-10(8-11)2-1-7-18-12/h3-4,8H,1-2,5-7,9,15H2,(H,16,17). The second-order valence-electron chi connectivity index (χ2n) is 5.21. The first-order valence-electron chi connectivity index (χ1n) is 6.51. The number of aryl methyl sites for hydroxylation is 1. The van der Waals surface area contributed by atoms with E-state index in [0.29, 0.717) is 6.54 Å². The fraction of sp³-hybridized carbons (Fsp3) is 0.500. The molecule has 1 amide bonds. The average molecular weight is 246 g/mol. The maximum absolute atomic E-state index is 12.1. The van der Waals surface area contributed by atoms with E-state index in [0.717, 1.165) is 43.7 Å². The van der Waals surface area contributed by atoms with E-state index in [4.69, 9.17) is 10.5 Å². The maximum atomic E-state index is 12.1. The van der Waals surface area contributed by atoms with Crippen molar-refractivity contribution in [1.29, 1.82) is 0 Å². The van der Waals surface area contributed by atoms with Crippen molar-refractivity contribution in [2.75, 3.05) is 18.5 Å². The highest BCUT2D eigenvalue weighted by molar-refractivity contribution is 5.97. The highest BCUT2D eigenvalue weighted by Crippen LogP contribution is 2.45. The molecule has 4 heteroatoms. The lowest BCUT2D eigenvalue weighted by molar-refractivity contribution is -0.120. The molecule has 0 aromatic heterocycles. The summed E-state index contributed by atoms with van der Waals surface area (Å²) in [5.41, 5.74) is 7.38. The molecule has 1 aromatic carbocycles. The molecular weight excluding hydrogens is 228 g/mol. The summed E-state index contributed by atoms with van der Waals surface area (Å²) in [5, 5.41) is 2.97. The molecule has 1 fully saturated rings. The topological polar surface area (TPSA) is 64.4 Å². The molecular formula is C14H18N2O2. The third kappa shape index (κ3) is 1.97. The molecule has 1 aliphatic carbocycles. The Kier molecular flexibility index (Phi) is 2.74. The average Bonchev–Trinajstić information content (AvgIpc) is 3.19. The number of hydrogen-bond acceptors (Lipinski definition) is 3. The number of hydrogen-bond donors (Lipinski definition) is 2. The van der Waals surface area contributed by atoms with Gasteiger partial charge in [-0.2, -0.15) is 0 Å². The largest absolute Gasteiger partial charge is 0.493 e. The smallest absolute Gasteiger partial charge is 0.231 e. The van der Waals surface area contributed by atoms with E-state index in [-0.39, 0.29) is 11.3 Å². The van der Waals surface area contributed by atoms with Crippen molar-refractivity contribution >= 4 is 11.6 Å². The Hall–Kier alpha value is -1.55. The van der Waals surface area contributed by atoms with Crippen LogP contribution in [0.15, 0.2) is 18.2 Å². The fourth-order valence-electron chi connectivity index (χ4n) is 2.38. The SMILES string of the molecule is NCC1(C(=O)Nc2ccc3c(c2)CCCO3)CC1. The van der Waals surface area contributed by atoms with E-state index in [1.54, 1.807) is 0 Å². The Balaban J connectivity index is 1.75. The van der Waals surface area contributed by atoms with Gasteiger partial charge in [-0.1, -0.05) is 0 Å². The number of benzene rings is 1. The van der Waals surface area contributed by atoms with Crippen molar-refractivity contribution in [3.05, 3.63) is 23.8 Å². The molecule has 0 atom stereocenters. The van der Waals surface area contributed by atoms with Crippen LogP contribution in [0.4, 0.5) is 5.69 Å². The van der Waals surface area contributed by atoms with Gasteiger partial charge in [0.2, 0.25) is 5.91 Å². The first-order valence-corrected chi connectivity index (χ1v) is 6.51. The number of amides is 1. The predicted octanol–water partition coefficient (Wildman–Crippen LogP) is 1.69. The molecule has 1 heterocycles. The number of carbonyl (C=O) groups excluding carboxylic acids is 1. The molecule has 3 rings (SSSR count). The molecule has 1 saturated carbocycles. The van der Waals surface area contributed by atoms with Gasteiger partial charge in [0, 0.05) is 12.2 Å². The zero-order valence-electron chi connectivity index (χ0n) is 10.4. The molecule has 4 nitrogen and oxygen atoms in total. The lowest BCUT2D eigenvalue weighted by Gasteiger charge is -2.19. The van der Waals surface area contributed by atoms with Crippen LogP contribution in [0, 0.1) is 5.41 Å². The van der Waals surface area contributed by atoms with Crippen LogP contribution < -0.4 is 15.8 Å². The fourth-order valence-corrected chi connectivity index (χ4v) is 2.38. The number of rotatable bonds is 3. The second-order valence-corrected chi connectivity index (χ2v) is 5.21. The minimum absolute atomic E-state index is 0.0571. The number of nitrogens with two attached hydrogens (primary N) is 1. The highest BCUT2D eigenvalue weighted by atomic mass is 16.5. The molecule has 0 radical (unpaired) electrons. The Morgan fingerprint density at radius 1 is 1.44 bits per heavy atom. The first-order chi connectivity index (χ1) is 8.73. The normalized spacial score (nSPS) is 19.6. The van der Waals surface area contributed by atoms with E-state index < -0.39 is 0 Å². The summed E-state index contributed by atoms with van der Waals surface area (Å²) < 4.78 is 5.55. The Morgan fingerprint density at radius 2 is 2.28 bits per heavy atom. The molecule has 0 unspecified atom stereocenters. The Labute approximate surface area is 107 Å². The minimum atomic E-state index is -0.299. The summed E-state index contributed by atoms with van der Waals surface area (Å²) in [7, 11) is 0. The Morgan fingerprint density at radius 3 is 3.00 bits per heavy atom. The monoisotopic (exact) mass is 246 g/mol. The van der Waals surface area contributed by atoms with Crippen LogP contribution in [0.25, 0.3) is 0 Å². The van der Waals surface area contributed by atoms with Crippen LogP contribution in [0.3, 0.4) is 0 Å². The quantitative estimate of drug-likeness (QED) is 0.853. The van der Waals surface area contributed by atoms with Crippen LogP contribution in [0.5, 0.6) is 5.75 Å². The van der Waals surface area contributed by atoms with Crippen LogP contribution in [-0.4, -0.2) is 19.1 Å². The molecule has 1 aromatic rings. The summed E-state index contributed by atoms with van der Waals surface area (Å²) in [6.45, 7) is 1.22. The number of anilines is 1. The van der Waals surface area contributed by atoms with Crippen molar-refractivity contribution in [3.63, 3.8) is 0 Å². The van der Waals surface area contributed by atoms with Gasteiger partial charge < -0.3 is 15.8 Å². The van der Waals surface area contributed by atoms with Crippen LogP contribution in [0.1, 0.15) is 24.8 Å². The molecule has 3 N–H and O–H groups in total. The van der Waals surface area contributed by atoms with Crippen molar-refractivity contribution < 1.29 is 9.53 Å². The van der Waals surface area contributed by atoms with E-state index in [9.17, 15) is 4.79 Å². The molecule has 18 heavy (non-hydrogen) atoms. The minimum Gasteiger partial charge on any atom is -0.493 e. The summed E-state index contributed by atoms with van der Waals surface area (Å²) in [4.78, 5) is 12.1. The molecule has 0 spiro atoms. The molecule has 1 aliphatic heterocycles. The number of ether oxygens (including phenoxy) is 1. The van der Waals surface area contributed by atoms with Crippen molar-refractivity contribution in [2.45, 2.75) is 25.7 Å². The van der Waals surface area contributed by atoms with Gasteiger partial charge in [-0.3, -0.25) is 4.79 Å². The Bertz CT molecular complexity index is 481. The van der Waals surface area contributed by atoms with Gasteiger partial charge >= 0.3 is 0 Å². The zero-order valence-corrected chi connectivity index (χ0v) is 10.4. The van der Waals surface area contributed by atoms with Crippen molar-refractivity contribution in [1.82, 2.24) is 0 Å². The molecule has 0 bridgehead atoms. The van der Waals surface area contributed by atoms with E-state index >= 15 is 0 Å². The third-order valence-electron chi connectivity index (χ3n) is 3.89. The van der Waals surface area contributed by atoms with Gasteiger partial charge in [0.1, 0.15) is 5.75 Å². The van der Waals surface area contributed by atoms with E-state index in [2.05, 4.69) is 5.32 Å². The molecule has 96 valence electrons. The predicted molar refractivity (Wildman–Crippen MR) is 69.6 cm³/mol. The number of fused-ring (bicyclic) bond motifs is 1. The number of carbonyl (C=O) groups is 1. The van der Waals surface area contributed by atoms with Gasteiger partial charge in [0.15, 0.2) is 0 Å². The number of nitrogens with one attached hydrogen (secondary N) is 1. The van der Waals surface area contributed by atoms with Crippen molar-refractivity contribution in [3.8, 4) is 5.75 Å². The summed E-state index contributed by atoms with van der Waals surface area (Å²) in [6.07, 6.45) is 3.87. The van der Waals surface area contributed by atoms with Crippen LogP contribution in [-0.2, 0) is 11.2 Å². The van der Waals surface area contributed by atoms with Gasteiger partial charge in [0.05, 0.1) is 12.0 Å². The zero-order chi connectivity index (χ0) is 12.6. The lowest BCUT2D eigenvalue weighted by Crippen LogP contribution is -2.30. The van der Waals surface area contributed by atoms with E-state index in [1.807, 2.05) is 18.2 Å². The van der Waals surface area contributed by atoms with Gasteiger partial charge in [0.25, 0.3) is 0 Å². The lowest BCUT2D eigenvalue weighted by atomic mass is 10.0. The van der Waals surface area contributed by atoms with Gasteiger partial charge in [-0.05, 0) is 49.4 Å². The summed E-state index contributed by atoms with van der Waals surface area (Å²) >= 11 is 0. The second kappa shape index (κ2) is 4.28. The highest BCUT2D eigenvalue weighted by Gasteiger charge is 2.48. The maximum Gasteiger partial charge on any atom is 0.231 e. The molecule has 0 saturated heterocycles.